The van der Waals surface area contributed by atoms with Gasteiger partial charge < -0.3 is 11.1 Å². The Balaban J connectivity index is 1.87. The molecule has 0 saturated heterocycles. The molecule has 4 rings (SSSR count). The summed E-state index contributed by atoms with van der Waals surface area (Å²) in [5.41, 5.74) is 8.69. The van der Waals surface area contributed by atoms with E-state index in [1.54, 1.807) is 42.6 Å². The van der Waals surface area contributed by atoms with Gasteiger partial charge in [-0.1, -0.05) is 6.07 Å². The van der Waals surface area contributed by atoms with E-state index in [9.17, 15) is 13.2 Å². The zero-order valence-corrected chi connectivity index (χ0v) is 14.0. The van der Waals surface area contributed by atoms with Gasteiger partial charge in [0.15, 0.2) is 9.84 Å². The zero-order valence-electron chi connectivity index (χ0n) is 13.2. The van der Waals surface area contributed by atoms with Gasteiger partial charge in [0.1, 0.15) is 0 Å². The first-order valence-electron chi connectivity index (χ1n) is 7.76. The second-order valence-corrected chi connectivity index (χ2v) is 8.01. The summed E-state index contributed by atoms with van der Waals surface area (Å²) in [4.78, 5) is 16.1. The number of benzene rings is 2. The molecular formula is C18H15N3O3S. The van der Waals surface area contributed by atoms with Crippen LogP contribution in [0.4, 0.5) is 11.4 Å². The molecule has 6 nitrogen and oxygen atoms in total. The van der Waals surface area contributed by atoms with Gasteiger partial charge in [-0.05, 0) is 48.4 Å². The van der Waals surface area contributed by atoms with Crippen molar-refractivity contribution in [2.24, 2.45) is 5.73 Å². The van der Waals surface area contributed by atoms with Crippen molar-refractivity contribution in [1.29, 1.82) is 0 Å². The smallest absolute Gasteiger partial charge is 0.248 e. The van der Waals surface area contributed by atoms with Crippen molar-refractivity contribution >= 4 is 38.0 Å². The lowest BCUT2D eigenvalue weighted by Crippen LogP contribution is -2.10. The van der Waals surface area contributed by atoms with E-state index in [1.807, 2.05) is 6.07 Å². The first-order valence-corrected chi connectivity index (χ1v) is 9.41. The molecule has 1 amide bonds. The molecule has 0 radical (unpaired) electrons. The van der Waals surface area contributed by atoms with Crippen molar-refractivity contribution in [2.75, 3.05) is 11.1 Å². The third-order valence-corrected chi connectivity index (χ3v) is 6.15. The maximum Gasteiger partial charge on any atom is 0.248 e. The number of pyridine rings is 1. The minimum Gasteiger partial charge on any atom is -0.366 e. The summed E-state index contributed by atoms with van der Waals surface area (Å²) in [6.07, 6.45) is 2.13. The number of carbonyl (C=O) groups excluding carboxylic acids is 1. The second kappa shape index (κ2) is 5.56. The van der Waals surface area contributed by atoms with Crippen molar-refractivity contribution in [3.8, 4) is 0 Å². The predicted molar refractivity (Wildman–Crippen MR) is 95.7 cm³/mol. The quantitative estimate of drug-likeness (QED) is 0.753. The van der Waals surface area contributed by atoms with Gasteiger partial charge >= 0.3 is 0 Å². The maximum atomic E-state index is 12.2. The number of hydrogen-bond acceptors (Lipinski definition) is 5. The number of rotatable bonds is 3. The third kappa shape index (κ3) is 2.62. The molecule has 0 saturated carbocycles. The Morgan fingerprint density at radius 1 is 1.16 bits per heavy atom. The van der Waals surface area contributed by atoms with Crippen LogP contribution in [0.15, 0.2) is 53.6 Å². The van der Waals surface area contributed by atoms with Crippen LogP contribution < -0.4 is 11.1 Å². The number of fused-ring (bicyclic) bond motifs is 3. The maximum absolute atomic E-state index is 12.2. The number of aryl methyl sites for hydroxylation is 1. The number of carbonyl (C=O) groups is 1. The summed E-state index contributed by atoms with van der Waals surface area (Å²) in [6, 6.07) is 12.0. The number of hydrogen-bond donors (Lipinski definition) is 2. The fourth-order valence-electron chi connectivity index (χ4n) is 3.20. The van der Waals surface area contributed by atoms with Crippen LogP contribution in [0.1, 0.15) is 15.9 Å². The number of amides is 1. The molecule has 0 bridgehead atoms. The number of nitrogens with one attached hydrogen (secondary N) is 1. The first kappa shape index (κ1) is 15.6. The van der Waals surface area contributed by atoms with Crippen LogP contribution >= 0.6 is 0 Å². The standard InChI is InChI=1S/C18H15N3O3S/c19-18(22)11-2-1-3-12(10-11)21-15-6-8-20-14-4-5-16-13(17(14)15)7-9-25(16,23)24/h1-6,8,10H,7,9H2,(H2,19,22)(H,20,21). The molecule has 1 aliphatic heterocycles. The van der Waals surface area contributed by atoms with Gasteiger partial charge in [0.2, 0.25) is 5.91 Å². The Hall–Kier alpha value is -2.93. The zero-order chi connectivity index (χ0) is 17.6. The Bertz CT molecular complexity index is 1120. The van der Waals surface area contributed by atoms with Gasteiger partial charge in [0, 0.05) is 28.5 Å². The predicted octanol–water partition coefficient (Wildman–Crippen LogP) is 2.41. The Morgan fingerprint density at radius 3 is 2.80 bits per heavy atom. The minimum atomic E-state index is -3.22. The average Bonchev–Trinajstić information content (AvgIpc) is 2.90. The van der Waals surface area contributed by atoms with E-state index >= 15 is 0 Å². The molecule has 126 valence electrons. The van der Waals surface area contributed by atoms with Crippen LogP contribution in [0.25, 0.3) is 10.9 Å². The monoisotopic (exact) mass is 353 g/mol. The Labute approximate surface area is 144 Å². The first-order chi connectivity index (χ1) is 12.0. The molecule has 7 heteroatoms. The van der Waals surface area contributed by atoms with Crippen molar-refractivity contribution in [1.82, 2.24) is 4.98 Å². The minimum absolute atomic E-state index is 0.118. The van der Waals surface area contributed by atoms with Crippen LogP contribution in [-0.2, 0) is 16.3 Å². The summed E-state index contributed by atoms with van der Waals surface area (Å²) < 4.78 is 24.4. The SMILES string of the molecule is NC(=O)c1cccc(Nc2ccnc3ccc4c(c23)CCS4(=O)=O)c1. The van der Waals surface area contributed by atoms with Crippen LogP contribution in [-0.4, -0.2) is 25.1 Å². The summed E-state index contributed by atoms with van der Waals surface area (Å²) in [7, 11) is -3.22. The number of primary amides is 1. The molecule has 3 N–H and O–H groups in total. The van der Waals surface area contributed by atoms with Gasteiger partial charge in [-0.3, -0.25) is 9.78 Å². The molecule has 2 aromatic carbocycles. The highest BCUT2D eigenvalue weighted by molar-refractivity contribution is 7.91. The lowest BCUT2D eigenvalue weighted by atomic mass is 10.0. The van der Waals surface area contributed by atoms with Crippen LogP contribution in [0.2, 0.25) is 0 Å². The van der Waals surface area contributed by atoms with Crippen LogP contribution in [0.5, 0.6) is 0 Å². The second-order valence-electron chi connectivity index (χ2n) is 5.93. The largest absolute Gasteiger partial charge is 0.366 e. The van der Waals surface area contributed by atoms with Gasteiger partial charge in [-0.25, -0.2) is 8.42 Å². The normalized spacial score (nSPS) is 15.0. The fraction of sp³-hybridized carbons (Fsp3) is 0.111. The van der Waals surface area contributed by atoms with E-state index in [2.05, 4.69) is 10.3 Å². The number of sulfone groups is 1. The van der Waals surface area contributed by atoms with E-state index in [4.69, 9.17) is 5.73 Å². The lowest BCUT2D eigenvalue weighted by molar-refractivity contribution is 0.100. The highest BCUT2D eigenvalue weighted by atomic mass is 32.2. The molecule has 0 spiro atoms. The highest BCUT2D eigenvalue weighted by Gasteiger charge is 2.28. The molecule has 2 heterocycles. The molecule has 25 heavy (non-hydrogen) atoms. The number of nitrogens with zero attached hydrogens (tertiary/aromatic N) is 1. The summed E-state index contributed by atoms with van der Waals surface area (Å²) in [5, 5.41) is 4.05. The number of nitrogens with two attached hydrogens (primary N) is 1. The molecule has 0 aliphatic carbocycles. The molecule has 1 aromatic heterocycles. The molecule has 0 unspecified atom stereocenters. The average molecular weight is 353 g/mol. The van der Waals surface area contributed by atoms with Gasteiger partial charge in [-0.15, -0.1) is 0 Å². The Morgan fingerprint density at radius 2 is 2.00 bits per heavy atom. The van der Waals surface area contributed by atoms with Gasteiger partial charge in [0.25, 0.3) is 0 Å². The third-order valence-electron chi connectivity index (χ3n) is 4.35. The summed E-state index contributed by atoms with van der Waals surface area (Å²) in [5.74, 6) is -0.386. The van der Waals surface area contributed by atoms with Gasteiger partial charge in [-0.2, -0.15) is 0 Å². The number of anilines is 2. The lowest BCUT2D eigenvalue weighted by Gasteiger charge is -2.13. The molecular weight excluding hydrogens is 338 g/mol. The summed E-state index contributed by atoms with van der Waals surface area (Å²) in [6.45, 7) is 0. The fourth-order valence-corrected chi connectivity index (χ4v) is 4.74. The van der Waals surface area contributed by atoms with Gasteiger partial charge in [0.05, 0.1) is 16.2 Å². The topological polar surface area (TPSA) is 102 Å². The van der Waals surface area contributed by atoms with Crippen molar-refractivity contribution in [3.63, 3.8) is 0 Å². The summed E-state index contributed by atoms with van der Waals surface area (Å²) >= 11 is 0. The number of aromatic nitrogens is 1. The van der Waals surface area contributed by atoms with Crippen LogP contribution in [0, 0.1) is 0 Å². The van der Waals surface area contributed by atoms with Crippen molar-refractivity contribution < 1.29 is 13.2 Å². The molecule has 1 aliphatic rings. The Kier molecular flexibility index (Phi) is 3.47. The van der Waals surface area contributed by atoms with E-state index in [0.717, 1.165) is 22.2 Å². The molecule has 0 fully saturated rings. The van der Waals surface area contributed by atoms with E-state index < -0.39 is 15.7 Å². The van der Waals surface area contributed by atoms with Crippen LogP contribution in [0.3, 0.4) is 0 Å². The van der Waals surface area contributed by atoms with Crippen molar-refractivity contribution in [3.05, 3.63) is 59.8 Å². The van der Waals surface area contributed by atoms with E-state index in [0.29, 0.717) is 22.6 Å². The molecule has 0 atom stereocenters. The van der Waals surface area contributed by atoms with Crippen molar-refractivity contribution in [2.45, 2.75) is 11.3 Å². The van der Waals surface area contributed by atoms with E-state index in [1.165, 1.54) is 0 Å². The highest BCUT2D eigenvalue weighted by Crippen LogP contribution is 2.36. The molecule has 3 aromatic rings. The van der Waals surface area contributed by atoms with E-state index in [-0.39, 0.29) is 5.75 Å².